The summed E-state index contributed by atoms with van der Waals surface area (Å²) in [7, 11) is 6.06. The maximum Gasteiger partial charge on any atom is 0.282 e. The van der Waals surface area contributed by atoms with Crippen molar-refractivity contribution in [3.05, 3.63) is 64.5 Å². The minimum absolute atomic E-state index is 0.124. The lowest BCUT2D eigenvalue weighted by Gasteiger charge is -2.19. The number of carbonyl (C=O) groups is 2. The van der Waals surface area contributed by atoms with Gasteiger partial charge < -0.3 is 24.3 Å². The Bertz CT molecular complexity index is 1240. The number of nitrogens with one attached hydrogen (secondary N) is 1. The summed E-state index contributed by atoms with van der Waals surface area (Å²) >= 11 is 1.36. The van der Waals surface area contributed by atoms with Crippen molar-refractivity contribution in [2.45, 2.75) is 0 Å². The number of ether oxygens (including phenoxy) is 4. The molecule has 0 radical (unpaired) electrons. The maximum atomic E-state index is 13.7. The number of rotatable bonds is 8. The van der Waals surface area contributed by atoms with Gasteiger partial charge in [0.15, 0.2) is 0 Å². The number of nitrogens with zero attached hydrogens (tertiary/aromatic N) is 1. The number of hydrogen-bond acceptors (Lipinski definition) is 8. The number of imide groups is 1. The Morgan fingerprint density at radius 2 is 1.45 bits per heavy atom. The molecule has 0 unspecified atom stereocenters. The highest BCUT2D eigenvalue weighted by atomic mass is 32.1. The number of carbonyl (C=O) groups excluding carboxylic acids is 2. The Morgan fingerprint density at radius 1 is 0.788 bits per heavy atom. The van der Waals surface area contributed by atoms with Gasteiger partial charge in [-0.3, -0.25) is 9.59 Å². The minimum atomic E-state index is -0.528. The van der Waals surface area contributed by atoms with E-state index < -0.39 is 11.8 Å². The highest BCUT2D eigenvalue weighted by molar-refractivity contribution is 7.11. The third kappa shape index (κ3) is 3.98. The summed E-state index contributed by atoms with van der Waals surface area (Å²) in [5.41, 5.74) is 1.15. The van der Waals surface area contributed by atoms with Gasteiger partial charge in [0.2, 0.25) is 0 Å². The predicted molar refractivity (Wildman–Crippen MR) is 126 cm³/mol. The summed E-state index contributed by atoms with van der Waals surface area (Å²) in [6.45, 7) is 0. The molecule has 170 valence electrons. The highest BCUT2D eigenvalue weighted by Crippen LogP contribution is 2.41. The Kier molecular flexibility index (Phi) is 6.23. The zero-order chi connectivity index (χ0) is 23.5. The summed E-state index contributed by atoms with van der Waals surface area (Å²) in [5, 5.41) is 4.96. The highest BCUT2D eigenvalue weighted by Gasteiger charge is 2.42. The van der Waals surface area contributed by atoms with E-state index in [1.165, 1.54) is 32.7 Å². The lowest BCUT2D eigenvalue weighted by atomic mass is 10.1. The van der Waals surface area contributed by atoms with E-state index in [0.29, 0.717) is 33.6 Å². The van der Waals surface area contributed by atoms with Crippen LogP contribution in [0.25, 0.3) is 5.57 Å². The Balaban J connectivity index is 1.85. The van der Waals surface area contributed by atoms with E-state index in [-0.39, 0.29) is 17.0 Å². The van der Waals surface area contributed by atoms with Gasteiger partial charge in [0.1, 0.15) is 28.7 Å². The number of methoxy groups -OCH3 is 4. The van der Waals surface area contributed by atoms with Crippen molar-refractivity contribution in [3.8, 4) is 23.0 Å². The van der Waals surface area contributed by atoms with Gasteiger partial charge in [-0.05, 0) is 35.7 Å². The fourth-order valence-corrected chi connectivity index (χ4v) is 4.30. The lowest BCUT2D eigenvalue weighted by Crippen LogP contribution is -2.32. The molecule has 0 saturated carbocycles. The molecule has 1 aliphatic heterocycles. The summed E-state index contributed by atoms with van der Waals surface area (Å²) < 4.78 is 21.5. The molecular weight excluding hydrogens is 444 g/mol. The van der Waals surface area contributed by atoms with Crippen molar-refractivity contribution in [1.82, 2.24) is 0 Å². The van der Waals surface area contributed by atoms with Crippen molar-refractivity contribution < 1.29 is 28.5 Å². The van der Waals surface area contributed by atoms with Crippen molar-refractivity contribution in [2.75, 3.05) is 38.7 Å². The van der Waals surface area contributed by atoms with Crippen LogP contribution in [0.1, 0.15) is 4.88 Å². The van der Waals surface area contributed by atoms with Gasteiger partial charge >= 0.3 is 0 Å². The van der Waals surface area contributed by atoms with Gasteiger partial charge in [-0.15, -0.1) is 11.3 Å². The van der Waals surface area contributed by atoms with E-state index in [0.717, 1.165) is 4.90 Å². The first-order valence-electron chi connectivity index (χ1n) is 9.90. The van der Waals surface area contributed by atoms with E-state index in [1.807, 2.05) is 11.4 Å². The summed E-state index contributed by atoms with van der Waals surface area (Å²) in [4.78, 5) is 29.0. The fourth-order valence-electron chi connectivity index (χ4n) is 3.53. The van der Waals surface area contributed by atoms with Gasteiger partial charge in [-0.25, -0.2) is 4.90 Å². The van der Waals surface area contributed by atoms with E-state index in [2.05, 4.69) is 5.32 Å². The molecule has 1 aromatic heterocycles. The first-order chi connectivity index (χ1) is 16.0. The smallest absolute Gasteiger partial charge is 0.282 e. The van der Waals surface area contributed by atoms with Crippen LogP contribution in [0.3, 0.4) is 0 Å². The largest absolute Gasteiger partial charge is 0.497 e. The molecule has 2 heterocycles. The molecule has 2 amide bonds. The molecule has 0 atom stereocenters. The molecule has 0 spiro atoms. The number of benzene rings is 2. The van der Waals surface area contributed by atoms with E-state index in [9.17, 15) is 9.59 Å². The molecule has 0 aliphatic carbocycles. The van der Waals surface area contributed by atoms with Crippen LogP contribution in [-0.2, 0) is 9.59 Å². The molecule has 3 aromatic rings. The molecule has 0 saturated heterocycles. The normalized spacial score (nSPS) is 13.4. The molecule has 1 aliphatic rings. The zero-order valence-corrected chi connectivity index (χ0v) is 19.3. The number of anilines is 2. The number of hydrogen-bond donors (Lipinski definition) is 1. The van der Waals surface area contributed by atoms with Crippen molar-refractivity contribution >= 4 is 40.1 Å². The van der Waals surface area contributed by atoms with Crippen molar-refractivity contribution in [1.29, 1.82) is 0 Å². The van der Waals surface area contributed by atoms with Gasteiger partial charge in [-0.1, -0.05) is 6.07 Å². The summed E-state index contributed by atoms with van der Waals surface area (Å²) in [5.74, 6) is 0.910. The first kappa shape index (κ1) is 22.2. The van der Waals surface area contributed by atoms with Gasteiger partial charge in [0, 0.05) is 17.0 Å². The molecule has 0 bridgehead atoms. The van der Waals surface area contributed by atoms with Crippen molar-refractivity contribution in [3.63, 3.8) is 0 Å². The van der Waals surface area contributed by atoms with Crippen LogP contribution in [0.2, 0.25) is 0 Å². The Morgan fingerprint density at radius 3 is 2.06 bits per heavy atom. The van der Waals surface area contributed by atoms with Crippen LogP contribution in [0.5, 0.6) is 23.0 Å². The molecule has 33 heavy (non-hydrogen) atoms. The lowest BCUT2D eigenvalue weighted by molar-refractivity contribution is -0.120. The SMILES string of the molecule is COc1ccc(OC)c(NC2=C(c3cccs3)C(=O)N(c3cc(OC)ccc3OC)C2=O)c1. The molecular formula is C24H22N2O6S. The van der Waals surface area contributed by atoms with Crippen LogP contribution >= 0.6 is 11.3 Å². The zero-order valence-electron chi connectivity index (χ0n) is 18.5. The first-order valence-corrected chi connectivity index (χ1v) is 10.8. The van der Waals surface area contributed by atoms with Gasteiger partial charge in [-0.2, -0.15) is 0 Å². The predicted octanol–water partition coefficient (Wildman–Crippen LogP) is 4.18. The molecule has 9 heteroatoms. The van der Waals surface area contributed by atoms with E-state index >= 15 is 0 Å². The van der Waals surface area contributed by atoms with Crippen LogP contribution in [0, 0.1) is 0 Å². The Hall–Kier alpha value is -3.98. The number of thiophene rings is 1. The Labute approximate surface area is 194 Å². The van der Waals surface area contributed by atoms with E-state index in [4.69, 9.17) is 18.9 Å². The minimum Gasteiger partial charge on any atom is -0.497 e. The topological polar surface area (TPSA) is 86.3 Å². The fraction of sp³-hybridized carbons (Fsp3) is 0.167. The third-order valence-electron chi connectivity index (χ3n) is 5.14. The van der Waals surface area contributed by atoms with Gasteiger partial charge in [0.05, 0.1) is 45.4 Å². The molecule has 4 rings (SSSR count). The van der Waals surface area contributed by atoms with Crippen LogP contribution < -0.4 is 29.2 Å². The second-order valence-electron chi connectivity index (χ2n) is 6.90. The van der Waals surface area contributed by atoms with Crippen molar-refractivity contribution in [2.24, 2.45) is 0 Å². The molecule has 1 N–H and O–H groups in total. The second-order valence-corrected chi connectivity index (χ2v) is 7.85. The molecule has 2 aromatic carbocycles. The average Bonchev–Trinajstić information content (AvgIpc) is 3.45. The molecule has 8 nitrogen and oxygen atoms in total. The number of amides is 2. The van der Waals surface area contributed by atoms with E-state index in [1.54, 1.807) is 49.6 Å². The average molecular weight is 467 g/mol. The quantitative estimate of drug-likeness (QED) is 0.499. The second kappa shape index (κ2) is 9.25. The summed E-state index contributed by atoms with van der Waals surface area (Å²) in [6, 6.07) is 13.7. The van der Waals surface area contributed by atoms with Gasteiger partial charge in [0.25, 0.3) is 11.8 Å². The maximum absolute atomic E-state index is 13.7. The summed E-state index contributed by atoms with van der Waals surface area (Å²) in [6.07, 6.45) is 0. The third-order valence-corrected chi connectivity index (χ3v) is 6.03. The van der Waals surface area contributed by atoms with Crippen LogP contribution in [0.15, 0.2) is 59.6 Å². The van der Waals surface area contributed by atoms with Crippen LogP contribution in [-0.4, -0.2) is 40.3 Å². The van der Waals surface area contributed by atoms with Crippen LogP contribution in [0.4, 0.5) is 11.4 Å². The monoisotopic (exact) mass is 466 g/mol. The standard InChI is InChI=1S/C24H22N2O6S/c1-29-14-7-9-18(31-3)16(12-14)25-22-21(20-6-5-11-33-20)23(27)26(24(22)28)17-13-15(30-2)8-10-19(17)32-4/h5-13,25H,1-4H3. The molecule has 0 fully saturated rings.